The molecule has 0 aliphatic rings. The molecule has 1 aromatic carbocycles. The van der Waals surface area contributed by atoms with E-state index >= 15 is 0 Å². The highest BCUT2D eigenvalue weighted by atomic mass is 35.5. The lowest BCUT2D eigenvalue weighted by molar-refractivity contribution is -0.125. The molecular weight excluding hydrogens is 295 g/mol. The average Bonchev–Trinajstić information content (AvgIpc) is 2.34. The summed E-state index contributed by atoms with van der Waals surface area (Å²) in [6.07, 6.45) is 0. The van der Waals surface area contributed by atoms with Gasteiger partial charge in [-0.1, -0.05) is 50.0 Å². The van der Waals surface area contributed by atoms with E-state index in [-0.39, 0.29) is 23.3 Å². The standard InChI is InChI=1S/C15H22Cl2N2O/c1-9(10(2)18)14(20)19-8-15(3,4)13-11(16)6-5-7-12(13)17/h5-7,9-10H,8,18H2,1-4H3,(H,19,20). The zero-order valence-corrected chi connectivity index (χ0v) is 13.8. The monoisotopic (exact) mass is 316 g/mol. The van der Waals surface area contributed by atoms with Crippen LogP contribution in [-0.4, -0.2) is 18.5 Å². The molecule has 0 aliphatic carbocycles. The number of nitrogens with two attached hydrogens (primary N) is 1. The highest BCUT2D eigenvalue weighted by Crippen LogP contribution is 2.35. The van der Waals surface area contributed by atoms with Crippen LogP contribution in [-0.2, 0) is 10.2 Å². The molecule has 0 bridgehead atoms. The predicted octanol–water partition coefficient (Wildman–Crippen LogP) is 3.37. The minimum Gasteiger partial charge on any atom is -0.355 e. The smallest absolute Gasteiger partial charge is 0.224 e. The average molecular weight is 317 g/mol. The highest BCUT2D eigenvalue weighted by molar-refractivity contribution is 6.36. The lowest BCUT2D eigenvalue weighted by atomic mass is 9.84. The number of rotatable bonds is 5. The zero-order chi connectivity index (χ0) is 15.5. The normalized spacial score (nSPS) is 14.8. The second-order valence-electron chi connectivity index (χ2n) is 5.85. The summed E-state index contributed by atoms with van der Waals surface area (Å²) in [5.74, 6) is -0.288. The molecule has 0 spiro atoms. The van der Waals surface area contributed by atoms with Gasteiger partial charge in [-0.25, -0.2) is 0 Å². The molecule has 0 saturated heterocycles. The third-order valence-electron chi connectivity index (χ3n) is 3.55. The van der Waals surface area contributed by atoms with Crippen molar-refractivity contribution >= 4 is 29.1 Å². The molecule has 0 fully saturated rings. The molecule has 2 atom stereocenters. The van der Waals surface area contributed by atoms with Crippen molar-refractivity contribution in [3.63, 3.8) is 0 Å². The summed E-state index contributed by atoms with van der Waals surface area (Å²) in [4.78, 5) is 12.0. The van der Waals surface area contributed by atoms with E-state index in [0.717, 1.165) is 5.56 Å². The van der Waals surface area contributed by atoms with Gasteiger partial charge in [0.2, 0.25) is 5.91 Å². The Morgan fingerprint density at radius 1 is 1.30 bits per heavy atom. The topological polar surface area (TPSA) is 55.1 Å². The fourth-order valence-electron chi connectivity index (χ4n) is 1.94. The van der Waals surface area contributed by atoms with E-state index in [1.54, 1.807) is 18.2 Å². The quantitative estimate of drug-likeness (QED) is 0.875. The first-order chi connectivity index (χ1) is 9.16. The van der Waals surface area contributed by atoms with Gasteiger partial charge in [-0.3, -0.25) is 4.79 Å². The first-order valence-electron chi connectivity index (χ1n) is 6.64. The van der Waals surface area contributed by atoms with Gasteiger partial charge in [0.1, 0.15) is 0 Å². The number of nitrogens with one attached hydrogen (secondary N) is 1. The Labute approximate surface area is 130 Å². The van der Waals surface area contributed by atoms with E-state index < -0.39 is 0 Å². The van der Waals surface area contributed by atoms with Gasteiger partial charge in [0.25, 0.3) is 0 Å². The van der Waals surface area contributed by atoms with Crippen LogP contribution >= 0.6 is 23.2 Å². The first kappa shape index (κ1) is 17.3. The Morgan fingerprint density at radius 3 is 2.25 bits per heavy atom. The molecule has 20 heavy (non-hydrogen) atoms. The van der Waals surface area contributed by atoms with Crippen molar-refractivity contribution in [2.75, 3.05) is 6.54 Å². The first-order valence-corrected chi connectivity index (χ1v) is 7.40. The van der Waals surface area contributed by atoms with Crippen molar-refractivity contribution in [1.82, 2.24) is 5.32 Å². The molecular formula is C15H22Cl2N2O. The van der Waals surface area contributed by atoms with E-state index in [9.17, 15) is 4.79 Å². The maximum Gasteiger partial charge on any atom is 0.224 e. The number of benzene rings is 1. The van der Waals surface area contributed by atoms with Gasteiger partial charge in [-0.15, -0.1) is 0 Å². The predicted molar refractivity (Wildman–Crippen MR) is 85.3 cm³/mol. The van der Waals surface area contributed by atoms with Gasteiger partial charge < -0.3 is 11.1 Å². The van der Waals surface area contributed by atoms with Crippen molar-refractivity contribution < 1.29 is 4.79 Å². The highest BCUT2D eigenvalue weighted by Gasteiger charge is 2.27. The maximum atomic E-state index is 12.0. The van der Waals surface area contributed by atoms with Crippen molar-refractivity contribution in [3.8, 4) is 0 Å². The second-order valence-corrected chi connectivity index (χ2v) is 6.66. The van der Waals surface area contributed by atoms with E-state index in [4.69, 9.17) is 28.9 Å². The molecule has 1 amide bonds. The van der Waals surface area contributed by atoms with Crippen LogP contribution < -0.4 is 11.1 Å². The van der Waals surface area contributed by atoms with E-state index in [0.29, 0.717) is 16.6 Å². The maximum absolute atomic E-state index is 12.0. The molecule has 3 nitrogen and oxygen atoms in total. The molecule has 0 saturated carbocycles. The zero-order valence-electron chi connectivity index (χ0n) is 12.3. The van der Waals surface area contributed by atoms with Crippen LogP contribution in [0.25, 0.3) is 0 Å². The molecule has 0 radical (unpaired) electrons. The second kappa shape index (κ2) is 6.79. The third kappa shape index (κ3) is 4.11. The summed E-state index contributed by atoms with van der Waals surface area (Å²) in [5, 5.41) is 4.14. The van der Waals surface area contributed by atoms with Crippen LogP contribution in [0.2, 0.25) is 10.0 Å². The Hall–Kier alpha value is -0.770. The Balaban J connectivity index is 2.83. The number of hydrogen-bond donors (Lipinski definition) is 2. The van der Waals surface area contributed by atoms with Crippen LogP contribution in [0.3, 0.4) is 0 Å². The molecule has 3 N–H and O–H groups in total. The third-order valence-corrected chi connectivity index (χ3v) is 4.18. The summed E-state index contributed by atoms with van der Waals surface area (Å²) in [7, 11) is 0. The molecule has 2 unspecified atom stereocenters. The SMILES string of the molecule is CC(N)C(C)C(=O)NCC(C)(C)c1c(Cl)cccc1Cl. The molecule has 0 heterocycles. The van der Waals surface area contributed by atoms with Crippen molar-refractivity contribution in [3.05, 3.63) is 33.8 Å². The number of carbonyl (C=O) groups excluding carboxylic acids is 1. The molecule has 0 aliphatic heterocycles. The summed E-state index contributed by atoms with van der Waals surface area (Å²) in [6, 6.07) is 5.23. The number of hydrogen-bond acceptors (Lipinski definition) is 2. The number of carbonyl (C=O) groups is 1. The van der Waals surface area contributed by atoms with E-state index in [1.807, 2.05) is 27.7 Å². The lowest BCUT2D eigenvalue weighted by Crippen LogP contribution is -2.43. The van der Waals surface area contributed by atoms with Crippen molar-refractivity contribution in [2.45, 2.75) is 39.2 Å². The van der Waals surface area contributed by atoms with Gasteiger partial charge in [0, 0.05) is 34.0 Å². The van der Waals surface area contributed by atoms with Gasteiger partial charge >= 0.3 is 0 Å². The van der Waals surface area contributed by atoms with Gasteiger partial charge in [0.15, 0.2) is 0 Å². The summed E-state index contributed by atoms with van der Waals surface area (Å²) < 4.78 is 0. The van der Waals surface area contributed by atoms with Crippen LogP contribution in [0.5, 0.6) is 0 Å². The molecule has 1 rings (SSSR count). The number of amides is 1. The van der Waals surface area contributed by atoms with Crippen LogP contribution in [0.4, 0.5) is 0 Å². The van der Waals surface area contributed by atoms with Crippen LogP contribution in [0.1, 0.15) is 33.3 Å². The minimum atomic E-state index is -0.358. The minimum absolute atomic E-state index is 0.0590. The molecule has 5 heteroatoms. The summed E-state index contributed by atoms with van der Waals surface area (Å²) in [5.41, 5.74) is 6.22. The molecule has 1 aromatic rings. The Morgan fingerprint density at radius 2 is 1.80 bits per heavy atom. The van der Waals surface area contributed by atoms with Gasteiger partial charge in [-0.2, -0.15) is 0 Å². The van der Waals surface area contributed by atoms with E-state index in [2.05, 4.69) is 5.32 Å². The fourth-order valence-corrected chi connectivity index (χ4v) is 2.85. The van der Waals surface area contributed by atoms with Crippen LogP contribution in [0.15, 0.2) is 18.2 Å². The van der Waals surface area contributed by atoms with Gasteiger partial charge in [0.05, 0.1) is 0 Å². The van der Waals surface area contributed by atoms with E-state index in [1.165, 1.54) is 0 Å². The summed E-state index contributed by atoms with van der Waals surface area (Å²) in [6.45, 7) is 8.08. The molecule has 0 aromatic heterocycles. The van der Waals surface area contributed by atoms with Gasteiger partial charge in [-0.05, 0) is 24.6 Å². The molecule has 112 valence electrons. The van der Waals surface area contributed by atoms with Crippen molar-refractivity contribution in [1.29, 1.82) is 0 Å². The number of halogens is 2. The van der Waals surface area contributed by atoms with Crippen LogP contribution in [0, 0.1) is 5.92 Å². The largest absolute Gasteiger partial charge is 0.355 e. The lowest BCUT2D eigenvalue weighted by Gasteiger charge is -2.28. The fraction of sp³-hybridized carbons (Fsp3) is 0.533. The Kier molecular flexibility index (Phi) is 5.87. The van der Waals surface area contributed by atoms with Crippen molar-refractivity contribution in [2.24, 2.45) is 11.7 Å². The Bertz CT molecular complexity index is 467. The summed E-state index contributed by atoms with van der Waals surface area (Å²) >= 11 is 12.5.